The number of anilines is 3. The highest BCUT2D eigenvalue weighted by Crippen LogP contribution is 2.43. The van der Waals surface area contributed by atoms with Gasteiger partial charge in [0.25, 0.3) is 0 Å². The van der Waals surface area contributed by atoms with Crippen LogP contribution in [0.25, 0.3) is 76.6 Å². The predicted molar refractivity (Wildman–Crippen MR) is 235 cm³/mol. The van der Waals surface area contributed by atoms with Crippen LogP contribution in [0.15, 0.2) is 206 Å². The monoisotopic (exact) mass is 734 g/mol. The van der Waals surface area contributed by atoms with Crippen LogP contribution in [-0.4, -0.2) is 15.0 Å². The van der Waals surface area contributed by atoms with E-state index in [9.17, 15) is 0 Å². The number of rotatable bonds is 8. The third-order valence-corrected chi connectivity index (χ3v) is 11.3. The van der Waals surface area contributed by atoms with Crippen LogP contribution in [0.1, 0.15) is 0 Å². The van der Waals surface area contributed by atoms with E-state index in [1.165, 1.54) is 42.4 Å². The molecule has 0 spiro atoms. The van der Waals surface area contributed by atoms with Gasteiger partial charge in [0.15, 0.2) is 17.5 Å². The zero-order valence-corrected chi connectivity index (χ0v) is 31.1. The molecular weight excluding hydrogens is 701 g/mol. The Morgan fingerprint density at radius 3 is 1.34 bits per heavy atom. The van der Waals surface area contributed by atoms with E-state index in [1.54, 1.807) is 11.3 Å². The maximum absolute atomic E-state index is 4.99. The van der Waals surface area contributed by atoms with Crippen molar-refractivity contribution < 1.29 is 0 Å². The molecule has 0 fully saturated rings. The predicted octanol–water partition coefficient (Wildman–Crippen LogP) is 14.0. The van der Waals surface area contributed by atoms with Gasteiger partial charge in [-0.05, 0) is 70.8 Å². The molecule has 0 radical (unpaired) electrons. The van der Waals surface area contributed by atoms with E-state index in [0.29, 0.717) is 17.5 Å². The zero-order valence-electron chi connectivity index (χ0n) is 30.3. The van der Waals surface area contributed by atoms with Crippen LogP contribution in [0, 0.1) is 0 Å². The summed E-state index contributed by atoms with van der Waals surface area (Å²) in [6.45, 7) is 0. The number of hydrogen-bond donors (Lipinski definition) is 0. The molecular formula is C51H34N4S. The number of hydrogen-bond acceptors (Lipinski definition) is 5. The van der Waals surface area contributed by atoms with E-state index in [1.807, 2.05) is 60.7 Å². The molecule has 0 unspecified atom stereocenters. The summed E-state index contributed by atoms with van der Waals surface area (Å²) in [7, 11) is 0. The summed E-state index contributed by atoms with van der Waals surface area (Å²) in [5.41, 5.74) is 11.0. The van der Waals surface area contributed by atoms with Crippen molar-refractivity contribution in [3.63, 3.8) is 0 Å². The van der Waals surface area contributed by atoms with Gasteiger partial charge in [-0.25, -0.2) is 15.0 Å². The standard InChI is InChI=1S/C51H34N4S/c1-5-14-35(15-6-1)36-24-29-42(30-25-36)55(41-20-11-4-12-21-41)43-31-26-37(27-32-43)44-22-13-23-46-48(44)45-33-28-40(34-47(45)56-46)51-53-49(38-16-7-2-8-17-38)52-50(54-51)39-18-9-3-10-19-39/h1-34H. The molecule has 0 N–H and O–H groups in total. The Bertz CT molecular complexity index is 2870. The lowest BCUT2D eigenvalue weighted by atomic mass is 9.98. The van der Waals surface area contributed by atoms with Crippen molar-refractivity contribution in [1.82, 2.24) is 15.0 Å². The van der Waals surface area contributed by atoms with Crippen molar-refractivity contribution in [1.29, 1.82) is 0 Å². The third-order valence-electron chi connectivity index (χ3n) is 10.1. The lowest BCUT2D eigenvalue weighted by molar-refractivity contribution is 1.07. The van der Waals surface area contributed by atoms with E-state index >= 15 is 0 Å². The Kier molecular flexibility index (Phi) is 8.67. The molecule has 0 amide bonds. The van der Waals surface area contributed by atoms with Crippen molar-refractivity contribution in [3.8, 4) is 56.4 Å². The summed E-state index contributed by atoms with van der Waals surface area (Å²) in [5.74, 6) is 1.98. The van der Waals surface area contributed by atoms with Crippen LogP contribution in [0.3, 0.4) is 0 Å². The van der Waals surface area contributed by atoms with Gasteiger partial charge in [-0.2, -0.15) is 0 Å². The van der Waals surface area contributed by atoms with Gasteiger partial charge in [0.05, 0.1) is 0 Å². The smallest absolute Gasteiger partial charge is 0.164 e. The Morgan fingerprint density at radius 1 is 0.321 bits per heavy atom. The second-order valence-electron chi connectivity index (χ2n) is 13.7. The summed E-state index contributed by atoms with van der Waals surface area (Å²) >= 11 is 1.80. The van der Waals surface area contributed by atoms with E-state index in [4.69, 9.17) is 15.0 Å². The maximum atomic E-state index is 4.99. The first-order valence-corrected chi connectivity index (χ1v) is 19.5. The van der Waals surface area contributed by atoms with Gasteiger partial charge >= 0.3 is 0 Å². The van der Waals surface area contributed by atoms with Crippen LogP contribution >= 0.6 is 11.3 Å². The topological polar surface area (TPSA) is 41.9 Å². The third kappa shape index (κ3) is 6.40. The Morgan fingerprint density at radius 2 is 0.768 bits per heavy atom. The molecule has 0 aliphatic rings. The fourth-order valence-corrected chi connectivity index (χ4v) is 8.56. The van der Waals surface area contributed by atoms with Gasteiger partial charge in [-0.1, -0.05) is 158 Å². The minimum absolute atomic E-state index is 0.658. The average Bonchev–Trinajstić information content (AvgIpc) is 3.66. The number of thiophene rings is 1. The fraction of sp³-hybridized carbons (Fsp3) is 0. The molecule has 0 saturated carbocycles. The van der Waals surface area contributed by atoms with E-state index < -0.39 is 0 Å². The molecule has 56 heavy (non-hydrogen) atoms. The first-order chi connectivity index (χ1) is 27.7. The van der Waals surface area contributed by atoms with Crippen LogP contribution < -0.4 is 4.90 Å². The number of benzene rings is 8. The lowest BCUT2D eigenvalue weighted by Gasteiger charge is -2.26. The van der Waals surface area contributed by atoms with Crippen molar-refractivity contribution in [2.45, 2.75) is 0 Å². The molecule has 0 bridgehead atoms. The van der Waals surface area contributed by atoms with E-state index in [-0.39, 0.29) is 0 Å². The van der Waals surface area contributed by atoms with E-state index in [0.717, 1.165) is 33.8 Å². The van der Waals surface area contributed by atoms with Crippen LogP contribution in [0.4, 0.5) is 17.1 Å². The largest absolute Gasteiger partial charge is 0.311 e. The fourth-order valence-electron chi connectivity index (χ4n) is 7.39. The molecule has 0 saturated heterocycles. The number of nitrogens with zero attached hydrogens (tertiary/aromatic N) is 4. The second kappa shape index (κ2) is 14.6. The van der Waals surface area contributed by atoms with Gasteiger partial charge in [0.2, 0.25) is 0 Å². The molecule has 0 atom stereocenters. The second-order valence-corrected chi connectivity index (χ2v) is 14.7. The molecule has 264 valence electrons. The summed E-state index contributed by atoms with van der Waals surface area (Å²) in [6, 6.07) is 72.3. The number of fused-ring (bicyclic) bond motifs is 3. The van der Waals surface area contributed by atoms with Gasteiger partial charge < -0.3 is 4.90 Å². The molecule has 0 aliphatic heterocycles. The summed E-state index contributed by atoms with van der Waals surface area (Å²) < 4.78 is 2.44. The van der Waals surface area contributed by atoms with Gasteiger partial charge in [0, 0.05) is 53.9 Å². The van der Waals surface area contributed by atoms with E-state index in [2.05, 4.69) is 150 Å². The van der Waals surface area contributed by atoms with Crippen molar-refractivity contribution in [2.24, 2.45) is 0 Å². The summed E-state index contributed by atoms with van der Waals surface area (Å²) in [6.07, 6.45) is 0. The minimum Gasteiger partial charge on any atom is -0.311 e. The molecule has 2 aromatic heterocycles. The molecule has 0 aliphatic carbocycles. The average molecular weight is 735 g/mol. The van der Waals surface area contributed by atoms with Crippen molar-refractivity contribution >= 4 is 48.6 Å². The highest BCUT2D eigenvalue weighted by atomic mass is 32.1. The van der Waals surface area contributed by atoms with Crippen molar-refractivity contribution in [3.05, 3.63) is 206 Å². The highest BCUT2D eigenvalue weighted by molar-refractivity contribution is 7.26. The highest BCUT2D eigenvalue weighted by Gasteiger charge is 2.17. The Hall–Kier alpha value is -7.21. The van der Waals surface area contributed by atoms with Crippen LogP contribution in [0.5, 0.6) is 0 Å². The molecule has 10 aromatic rings. The van der Waals surface area contributed by atoms with Crippen LogP contribution in [-0.2, 0) is 0 Å². The van der Waals surface area contributed by atoms with Gasteiger partial charge in [-0.15, -0.1) is 11.3 Å². The normalized spacial score (nSPS) is 11.2. The quantitative estimate of drug-likeness (QED) is 0.156. The summed E-state index contributed by atoms with van der Waals surface area (Å²) in [5, 5.41) is 2.48. The molecule has 4 nitrogen and oxygen atoms in total. The summed E-state index contributed by atoms with van der Waals surface area (Å²) in [4.78, 5) is 17.2. The lowest BCUT2D eigenvalue weighted by Crippen LogP contribution is -2.09. The van der Waals surface area contributed by atoms with Crippen LogP contribution in [0.2, 0.25) is 0 Å². The Balaban J connectivity index is 1.02. The zero-order chi connectivity index (χ0) is 37.3. The van der Waals surface area contributed by atoms with Crippen molar-refractivity contribution in [2.75, 3.05) is 4.90 Å². The first kappa shape index (κ1) is 33.4. The minimum atomic E-state index is 0.658. The Labute approximate surface area is 329 Å². The molecule has 10 rings (SSSR count). The maximum Gasteiger partial charge on any atom is 0.164 e. The number of para-hydroxylation sites is 1. The SMILES string of the molecule is c1ccc(-c2ccc(N(c3ccccc3)c3ccc(-c4cccc5sc6cc(-c7nc(-c8ccccc8)nc(-c8ccccc8)n7)ccc6c45)cc3)cc2)cc1. The first-order valence-electron chi connectivity index (χ1n) is 18.7. The molecule has 5 heteroatoms. The molecule has 2 heterocycles. The van der Waals surface area contributed by atoms with Gasteiger partial charge in [-0.3, -0.25) is 0 Å². The van der Waals surface area contributed by atoms with Gasteiger partial charge in [0.1, 0.15) is 0 Å². The molecule has 8 aromatic carbocycles. The number of aromatic nitrogens is 3.